The van der Waals surface area contributed by atoms with Crippen molar-refractivity contribution < 1.29 is 9.53 Å². The maximum Gasteiger partial charge on any atom is 0.337 e. The van der Waals surface area contributed by atoms with E-state index in [4.69, 9.17) is 4.74 Å². The van der Waals surface area contributed by atoms with Gasteiger partial charge in [-0.2, -0.15) is 0 Å². The van der Waals surface area contributed by atoms with Crippen molar-refractivity contribution in [2.45, 2.75) is 13.8 Å². The Labute approximate surface area is 118 Å². The van der Waals surface area contributed by atoms with Gasteiger partial charge in [-0.05, 0) is 43.2 Å². The number of aromatic nitrogens is 1. The van der Waals surface area contributed by atoms with Gasteiger partial charge in [0, 0.05) is 23.5 Å². The van der Waals surface area contributed by atoms with E-state index in [9.17, 15) is 4.79 Å². The lowest BCUT2D eigenvalue weighted by molar-refractivity contribution is 0.0600. The van der Waals surface area contributed by atoms with Crippen LogP contribution in [0.3, 0.4) is 0 Å². The molecule has 0 radical (unpaired) electrons. The lowest BCUT2D eigenvalue weighted by Gasteiger charge is -2.02. The van der Waals surface area contributed by atoms with Crippen LogP contribution in [0.4, 0.5) is 0 Å². The molecule has 20 heavy (non-hydrogen) atoms. The summed E-state index contributed by atoms with van der Waals surface area (Å²) in [4.78, 5) is 15.6. The summed E-state index contributed by atoms with van der Waals surface area (Å²) in [5, 5.41) is 0. The van der Waals surface area contributed by atoms with E-state index in [1.165, 1.54) is 7.11 Å². The normalized spacial score (nSPS) is 9.55. The quantitative estimate of drug-likeness (QED) is 0.588. The number of nitrogens with zero attached hydrogens (tertiary/aromatic N) is 1. The molecule has 0 saturated carbocycles. The molecule has 0 unspecified atom stereocenters. The van der Waals surface area contributed by atoms with Gasteiger partial charge in [-0.25, -0.2) is 4.79 Å². The molecule has 0 aliphatic rings. The smallest absolute Gasteiger partial charge is 0.337 e. The van der Waals surface area contributed by atoms with Crippen LogP contribution in [-0.4, -0.2) is 18.1 Å². The number of pyridine rings is 1. The molecule has 0 aliphatic heterocycles. The number of benzene rings is 1. The Hall–Kier alpha value is -2.60. The van der Waals surface area contributed by atoms with Crippen LogP contribution in [-0.2, 0) is 4.74 Å². The molecular formula is C17H15NO2. The zero-order valence-corrected chi connectivity index (χ0v) is 11.7. The van der Waals surface area contributed by atoms with Gasteiger partial charge in [0.1, 0.15) is 0 Å². The lowest BCUT2D eigenvalue weighted by atomic mass is 10.0. The van der Waals surface area contributed by atoms with Crippen molar-refractivity contribution >= 4 is 5.97 Å². The second-order valence-electron chi connectivity index (χ2n) is 4.52. The standard InChI is InChI=1S/C17H15NO2/c1-12-8-14(11-18-10-12)5-7-15-9-16(17(19)20-3)6-4-13(15)2/h4,6,8-11H,1-3H3. The molecule has 0 bridgehead atoms. The van der Waals surface area contributed by atoms with Crippen LogP contribution in [0.5, 0.6) is 0 Å². The molecule has 0 saturated heterocycles. The second kappa shape index (κ2) is 6.03. The van der Waals surface area contributed by atoms with Gasteiger partial charge in [0.2, 0.25) is 0 Å². The summed E-state index contributed by atoms with van der Waals surface area (Å²) in [7, 11) is 1.37. The minimum absolute atomic E-state index is 0.356. The zero-order valence-electron chi connectivity index (χ0n) is 11.7. The average molecular weight is 265 g/mol. The van der Waals surface area contributed by atoms with E-state index in [2.05, 4.69) is 16.8 Å². The SMILES string of the molecule is COC(=O)c1ccc(C)c(C#Cc2cncc(C)c2)c1. The number of hydrogen-bond donors (Lipinski definition) is 0. The van der Waals surface area contributed by atoms with Crippen molar-refractivity contribution in [2.24, 2.45) is 0 Å². The largest absolute Gasteiger partial charge is 0.465 e. The van der Waals surface area contributed by atoms with Crippen molar-refractivity contribution in [3.8, 4) is 11.8 Å². The first kappa shape index (κ1) is 13.8. The summed E-state index contributed by atoms with van der Waals surface area (Å²) in [5.41, 5.74) is 4.26. The van der Waals surface area contributed by atoms with Gasteiger partial charge in [-0.15, -0.1) is 0 Å². The van der Waals surface area contributed by atoms with Crippen LogP contribution in [0, 0.1) is 25.7 Å². The van der Waals surface area contributed by atoms with E-state index in [-0.39, 0.29) is 5.97 Å². The highest BCUT2D eigenvalue weighted by Crippen LogP contribution is 2.11. The zero-order chi connectivity index (χ0) is 14.5. The van der Waals surface area contributed by atoms with Crippen LogP contribution < -0.4 is 0 Å². The molecule has 0 fully saturated rings. The number of aryl methyl sites for hydroxylation is 2. The molecular weight excluding hydrogens is 250 g/mol. The molecule has 2 rings (SSSR count). The van der Waals surface area contributed by atoms with E-state index >= 15 is 0 Å². The number of hydrogen-bond acceptors (Lipinski definition) is 3. The highest BCUT2D eigenvalue weighted by Gasteiger charge is 2.06. The predicted octanol–water partition coefficient (Wildman–Crippen LogP) is 2.88. The Morgan fingerprint density at radius 3 is 2.65 bits per heavy atom. The van der Waals surface area contributed by atoms with Crippen molar-refractivity contribution in [3.05, 3.63) is 64.5 Å². The van der Waals surface area contributed by atoms with Crippen molar-refractivity contribution in [1.82, 2.24) is 4.98 Å². The molecule has 3 heteroatoms. The number of methoxy groups -OCH3 is 1. The van der Waals surface area contributed by atoms with Gasteiger partial charge >= 0.3 is 5.97 Å². The molecule has 3 nitrogen and oxygen atoms in total. The van der Waals surface area contributed by atoms with Crippen LogP contribution in [0.25, 0.3) is 0 Å². The van der Waals surface area contributed by atoms with E-state index in [0.717, 1.165) is 22.3 Å². The minimum atomic E-state index is -0.356. The maximum absolute atomic E-state index is 11.5. The maximum atomic E-state index is 11.5. The highest BCUT2D eigenvalue weighted by atomic mass is 16.5. The Kier molecular flexibility index (Phi) is 4.17. The van der Waals surface area contributed by atoms with E-state index in [1.54, 1.807) is 24.5 Å². The summed E-state index contributed by atoms with van der Waals surface area (Å²) in [5.74, 6) is 5.78. The van der Waals surface area contributed by atoms with Gasteiger partial charge < -0.3 is 4.74 Å². The number of ether oxygens (including phenoxy) is 1. The van der Waals surface area contributed by atoms with Crippen molar-refractivity contribution in [3.63, 3.8) is 0 Å². The van der Waals surface area contributed by atoms with E-state index in [1.807, 2.05) is 26.0 Å². The summed E-state index contributed by atoms with van der Waals surface area (Å²) in [6, 6.07) is 7.32. The van der Waals surface area contributed by atoms with E-state index < -0.39 is 0 Å². The predicted molar refractivity (Wildman–Crippen MR) is 77.5 cm³/mol. The summed E-state index contributed by atoms with van der Waals surface area (Å²) in [6.45, 7) is 3.93. The van der Waals surface area contributed by atoms with Crippen LogP contribution >= 0.6 is 0 Å². The Morgan fingerprint density at radius 1 is 1.15 bits per heavy atom. The number of carbonyl (C=O) groups excluding carboxylic acids is 1. The van der Waals surface area contributed by atoms with Gasteiger partial charge in [0.05, 0.1) is 12.7 Å². The van der Waals surface area contributed by atoms with Gasteiger partial charge in [-0.3, -0.25) is 4.98 Å². The first-order valence-electron chi connectivity index (χ1n) is 6.23. The first-order valence-corrected chi connectivity index (χ1v) is 6.23. The highest BCUT2D eigenvalue weighted by molar-refractivity contribution is 5.89. The Morgan fingerprint density at radius 2 is 1.95 bits per heavy atom. The van der Waals surface area contributed by atoms with Gasteiger partial charge in [0.15, 0.2) is 0 Å². The van der Waals surface area contributed by atoms with Crippen molar-refractivity contribution in [2.75, 3.05) is 7.11 Å². The molecule has 0 amide bonds. The van der Waals surface area contributed by atoms with Crippen LogP contribution in [0.15, 0.2) is 36.7 Å². The molecule has 0 N–H and O–H groups in total. The fourth-order valence-electron chi connectivity index (χ4n) is 1.76. The third kappa shape index (κ3) is 3.24. The third-order valence-corrected chi connectivity index (χ3v) is 2.88. The van der Waals surface area contributed by atoms with Crippen molar-refractivity contribution in [1.29, 1.82) is 0 Å². The fraction of sp³-hybridized carbons (Fsp3) is 0.176. The first-order chi connectivity index (χ1) is 9.60. The van der Waals surface area contributed by atoms with Crippen LogP contribution in [0.1, 0.15) is 32.6 Å². The second-order valence-corrected chi connectivity index (χ2v) is 4.52. The molecule has 1 aromatic carbocycles. The number of carbonyl (C=O) groups is 1. The Balaban J connectivity index is 2.36. The average Bonchev–Trinajstić information content (AvgIpc) is 2.45. The molecule has 1 heterocycles. The van der Waals surface area contributed by atoms with Gasteiger partial charge in [0.25, 0.3) is 0 Å². The third-order valence-electron chi connectivity index (χ3n) is 2.88. The molecule has 0 atom stereocenters. The summed E-state index contributed by atoms with van der Waals surface area (Å²) in [6.07, 6.45) is 3.51. The fourth-order valence-corrected chi connectivity index (χ4v) is 1.76. The molecule has 0 spiro atoms. The topological polar surface area (TPSA) is 39.2 Å². The lowest BCUT2D eigenvalue weighted by Crippen LogP contribution is -2.01. The molecule has 0 aliphatic carbocycles. The number of rotatable bonds is 1. The summed E-state index contributed by atoms with van der Waals surface area (Å²) < 4.78 is 4.71. The minimum Gasteiger partial charge on any atom is -0.465 e. The molecule has 100 valence electrons. The Bertz CT molecular complexity index is 708. The number of esters is 1. The summed E-state index contributed by atoms with van der Waals surface area (Å²) >= 11 is 0. The molecule has 1 aromatic heterocycles. The van der Waals surface area contributed by atoms with Gasteiger partial charge in [-0.1, -0.05) is 17.9 Å². The van der Waals surface area contributed by atoms with E-state index in [0.29, 0.717) is 5.56 Å². The molecule has 2 aromatic rings. The van der Waals surface area contributed by atoms with Crippen LogP contribution in [0.2, 0.25) is 0 Å². The monoisotopic (exact) mass is 265 g/mol.